The Morgan fingerprint density at radius 2 is 2.33 bits per heavy atom. The molecule has 0 saturated heterocycles. The zero-order valence-electron chi connectivity index (χ0n) is 8.96. The highest BCUT2D eigenvalue weighted by atomic mass is 79.9. The predicted octanol–water partition coefficient (Wildman–Crippen LogP) is 1.52. The van der Waals surface area contributed by atoms with Gasteiger partial charge in [0.2, 0.25) is 0 Å². The molecule has 0 radical (unpaired) electrons. The Hall–Kier alpha value is -0.810. The molecule has 0 fully saturated rings. The molecule has 0 bridgehead atoms. The number of nitrogens with zero attached hydrogens (tertiary/aromatic N) is 1. The molecule has 5 heteroatoms. The van der Waals surface area contributed by atoms with Gasteiger partial charge in [0.25, 0.3) is 5.91 Å². The second-order valence-corrected chi connectivity index (χ2v) is 4.50. The topological polar surface area (TPSA) is 60.0 Å². The zero-order valence-corrected chi connectivity index (χ0v) is 10.5. The van der Waals surface area contributed by atoms with Gasteiger partial charge in [0.15, 0.2) is 0 Å². The Bertz CT molecular complexity index is 346. The van der Waals surface area contributed by atoms with Crippen molar-refractivity contribution in [3.63, 3.8) is 0 Å². The van der Waals surface area contributed by atoms with Crippen LogP contribution in [0.1, 0.15) is 30.4 Å². The Labute approximate surface area is 98.0 Å². The van der Waals surface area contributed by atoms with E-state index in [0.717, 1.165) is 4.47 Å². The van der Waals surface area contributed by atoms with Crippen LogP contribution in [0.2, 0.25) is 0 Å². The smallest absolute Gasteiger partial charge is 0.267 e. The number of hydrogen-bond donors (Lipinski definition) is 2. The van der Waals surface area contributed by atoms with Gasteiger partial charge in [-0.05, 0) is 35.8 Å². The second kappa shape index (κ2) is 5.32. The average molecular weight is 274 g/mol. The van der Waals surface area contributed by atoms with Crippen LogP contribution in [0.4, 0.5) is 0 Å². The van der Waals surface area contributed by atoms with Crippen molar-refractivity contribution in [1.82, 2.24) is 9.88 Å². The summed E-state index contributed by atoms with van der Waals surface area (Å²) in [5.74, 6) is -0.0835. The van der Waals surface area contributed by atoms with Gasteiger partial charge >= 0.3 is 0 Å². The zero-order chi connectivity index (χ0) is 11.4. The van der Waals surface area contributed by atoms with Gasteiger partial charge in [0, 0.05) is 29.8 Å². The number of aromatic nitrogens is 1. The average Bonchev–Trinajstić information content (AvgIpc) is 2.57. The lowest BCUT2D eigenvalue weighted by Gasteiger charge is -2.12. The minimum Gasteiger partial charge on any atom is -0.349 e. The highest BCUT2D eigenvalue weighted by molar-refractivity contribution is 9.10. The molecule has 1 rings (SSSR count). The van der Waals surface area contributed by atoms with E-state index in [1.54, 1.807) is 0 Å². The molecule has 1 amide bonds. The summed E-state index contributed by atoms with van der Waals surface area (Å²) >= 11 is 3.36. The Morgan fingerprint density at radius 3 is 2.87 bits per heavy atom. The van der Waals surface area contributed by atoms with E-state index in [1.165, 1.54) is 0 Å². The first-order chi connectivity index (χ1) is 7.06. The molecule has 1 aromatic rings. The van der Waals surface area contributed by atoms with Crippen LogP contribution in [0.5, 0.6) is 0 Å². The van der Waals surface area contributed by atoms with Crippen molar-refractivity contribution in [3.8, 4) is 0 Å². The first kappa shape index (κ1) is 12.3. The Morgan fingerprint density at radius 1 is 1.67 bits per heavy atom. The summed E-state index contributed by atoms with van der Waals surface area (Å²) in [5, 5.41) is 2.75. The lowest BCUT2D eigenvalue weighted by molar-refractivity contribution is 0.0944. The van der Waals surface area contributed by atoms with Crippen LogP contribution in [0.25, 0.3) is 0 Å². The lowest BCUT2D eigenvalue weighted by Crippen LogP contribution is -2.30. The molecule has 84 valence electrons. The molecular formula is C10H16BrN3O. The third kappa shape index (κ3) is 3.07. The fraction of sp³-hybridized carbons (Fsp3) is 0.500. The largest absolute Gasteiger partial charge is 0.349 e. The summed E-state index contributed by atoms with van der Waals surface area (Å²) in [7, 11) is 0. The molecule has 0 spiro atoms. The number of carbonyl (C=O) groups excluding carboxylic acids is 1. The quantitative estimate of drug-likeness (QED) is 0.874. The summed E-state index contributed by atoms with van der Waals surface area (Å²) in [4.78, 5) is 11.7. The van der Waals surface area contributed by atoms with Crippen LogP contribution in [-0.4, -0.2) is 23.6 Å². The number of amides is 1. The van der Waals surface area contributed by atoms with Gasteiger partial charge in [-0.3, -0.25) is 4.79 Å². The fourth-order valence-electron chi connectivity index (χ4n) is 1.33. The van der Waals surface area contributed by atoms with E-state index in [2.05, 4.69) is 21.2 Å². The minimum atomic E-state index is -0.0835. The number of rotatable bonds is 4. The van der Waals surface area contributed by atoms with E-state index in [4.69, 9.17) is 5.73 Å². The molecule has 15 heavy (non-hydrogen) atoms. The first-order valence-corrected chi connectivity index (χ1v) is 5.71. The van der Waals surface area contributed by atoms with Crippen molar-refractivity contribution in [2.24, 2.45) is 5.73 Å². The van der Waals surface area contributed by atoms with Crippen LogP contribution >= 0.6 is 15.9 Å². The van der Waals surface area contributed by atoms with Crippen molar-refractivity contribution >= 4 is 21.8 Å². The van der Waals surface area contributed by atoms with Crippen molar-refractivity contribution in [3.05, 3.63) is 22.4 Å². The molecule has 1 aromatic heterocycles. The minimum absolute atomic E-state index is 0.0835. The molecule has 0 aliphatic rings. The van der Waals surface area contributed by atoms with Crippen molar-refractivity contribution in [2.45, 2.75) is 19.9 Å². The van der Waals surface area contributed by atoms with Gasteiger partial charge in [-0.15, -0.1) is 0 Å². The monoisotopic (exact) mass is 273 g/mol. The van der Waals surface area contributed by atoms with E-state index < -0.39 is 0 Å². The van der Waals surface area contributed by atoms with Crippen LogP contribution in [0.15, 0.2) is 16.7 Å². The van der Waals surface area contributed by atoms with Gasteiger partial charge in [-0.2, -0.15) is 0 Å². The number of halogens is 1. The first-order valence-electron chi connectivity index (χ1n) is 4.92. The second-order valence-electron chi connectivity index (χ2n) is 3.59. The van der Waals surface area contributed by atoms with Gasteiger partial charge in [-0.25, -0.2) is 0 Å². The normalized spacial score (nSPS) is 10.7. The molecular weight excluding hydrogens is 258 g/mol. The Balaban J connectivity index is 2.87. The van der Waals surface area contributed by atoms with Gasteiger partial charge in [-0.1, -0.05) is 0 Å². The van der Waals surface area contributed by atoms with Crippen molar-refractivity contribution < 1.29 is 4.79 Å². The maximum Gasteiger partial charge on any atom is 0.267 e. The summed E-state index contributed by atoms with van der Waals surface area (Å²) in [5.41, 5.74) is 5.98. The van der Waals surface area contributed by atoms with Gasteiger partial charge in [0.05, 0.1) is 0 Å². The molecule has 0 saturated carbocycles. The SMILES string of the molecule is CC(C)n1cc(Br)cc1C(=O)NCCN. The fourth-order valence-corrected chi connectivity index (χ4v) is 1.77. The van der Waals surface area contributed by atoms with Crippen LogP contribution in [0.3, 0.4) is 0 Å². The molecule has 0 atom stereocenters. The standard InChI is InChI=1S/C10H16BrN3O/c1-7(2)14-6-8(11)5-9(14)10(15)13-4-3-12/h5-7H,3-4,12H2,1-2H3,(H,13,15). The lowest BCUT2D eigenvalue weighted by atomic mass is 10.3. The third-order valence-corrected chi connectivity index (χ3v) is 2.47. The van der Waals surface area contributed by atoms with E-state index >= 15 is 0 Å². The van der Waals surface area contributed by atoms with Gasteiger partial charge < -0.3 is 15.6 Å². The van der Waals surface area contributed by atoms with Gasteiger partial charge in [0.1, 0.15) is 5.69 Å². The number of nitrogens with one attached hydrogen (secondary N) is 1. The number of hydrogen-bond acceptors (Lipinski definition) is 2. The van der Waals surface area contributed by atoms with E-state index in [9.17, 15) is 4.79 Å². The highest BCUT2D eigenvalue weighted by Gasteiger charge is 2.13. The highest BCUT2D eigenvalue weighted by Crippen LogP contribution is 2.19. The van der Waals surface area contributed by atoms with E-state index in [-0.39, 0.29) is 11.9 Å². The van der Waals surface area contributed by atoms with Crippen molar-refractivity contribution in [1.29, 1.82) is 0 Å². The molecule has 4 nitrogen and oxygen atoms in total. The maximum atomic E-state index is 11.7. The summed E-state index contributed by atoms with van der Waals surface area (Å²) in [6.07, 6.45) is 1.90. The summed E-state index contributed by atoms with van der Waals surface area (Å²) in [6.45, 7) is 5.02. The van der Waals surface area contributed by atoms with E-state index in [1.807, 2.05) is 30.7 Å². The number of carbonyl (C=O) groups is 1. The molecule has 0 unspecified atom stereocenters. The maximum absolute atomic E-state index is 11.7. The summed E-state index contributed by atoms with van der Waals surface area (Å²) in [6, 6.07) is 2.07. The molecule has 0 aliphatic heterocycles. The Kier molecular flexibility index (Phi) is 4.35. The molecule has 0 aromatic carbocycles. The van der Waals surface area contributed by atoms with E-state index in [0.29, 0.717) is 18.8 Å². The third-order valence-electron chi connectivity index (χ3n) is 2.03. The number of nitrogens with two attached hydrogens (primary N) is 1. The predicted molar refractivity (Wildman–Crippen MR) is 63.9 cm³/mol. The molecule has 1 heterocycles. The van der Waals surface area contributed by atoms with Crippen molar-refractivity contribution in [2.75, 3.05) is 13.1 Å². The summed E-state index contributed by atoms with van der Waals surface area (Å²) < 4.78 is 2.84. The van der Waals surface area contributed by atoms with Crippen LogP contribution in [-0.2, 0) is 0 Å². The molecule has 0 aliphatic carbocycles. The van der Waals surface area contributed by atoms with Crippen LogP contribution in [0, 0.1) is 0 Å². The van der Waals surface area contributed by atoms with Crippen LogP contribution < -0.4 is 11.1 Å². The molecule has 3 N–H and O–H groups in total.